The van der Waals surface area contributed by atoms with Crippen molar-refractivity contribution in [2.75, 3.05) is 11.5 Å². The van der Waals surface area contributed by atoms with Crippen molar-refractivity contribution >= 4 is 54.9 Å². The lowest BCUT2D eigenvalue weighted by molar-refractivity contribution is -0.147. The van der Waals surface area contributed by atoms with Crippen LogP contribution in [0, 0.1) is 5.92 Å². The third kappa shape index (κ3) is 8.80. The first-order valence-electron chi connectivity index (χ1n) is 8.27. The molecule has 0 aliphatic carbocycles. The van der Waals surface area contributed by atoms with Crippen LogP contribution in [-0.2, 0) is 24.0 Å². The summed E-state index contributed by atoms with van der Waals surface area (Å²) in [4.78, 5) is 58.4. The van der Waals surface area contributed by atoms with Crippen LogP contribution in [0.5, 0.6) is 0 Å². The first-order chi connectivity index (χ1) is 12.9. The molecule has 4 atom stereocenters. The SMILES string of the molecule is CC(C)C(NC(=O)C(N)CS)C(=O)NC(CS)C(=O)NC(CC(=O)O)C(=O)O. The summed E-state index contributed by atoms with van der Waals surface area (Å²) in [5, 5.41) is 24.6. The summed E-state index contributed by atoms with van der Waals surface area (Å²) < 4.78 is 0. The summed E-state index contributed by atoms with van der Waals surface area (Å²) in [5.41, 5.74) is 5.56. The molecule has 0 saturated heterocycles. The van der Waals surface area contributed by atoms with E-state index in [-0.39, 0.29) is 17.4 Å². The molecule has 160 valence electrons. The topological polar surface area (TPSA) is 188 Å². The molecule has 28 heavy (non-hydrogen) atoms. The Morgan fingerprint density at radius 1 is 0.857 bits per heavy atom. The maximum absolute atomic E-state index is 12.5. The first kappa shape index (κ1) is 26.0. The van der Waals surface area contributed by atoms with Crippen molar-refractivity contribution in [2.24, 2.45) is 11.7 Å². The van der Waals surface area contributed by atoms with E-state index in [1.807, 2.05) is 5.32 Å². The lowest BCUT2D eigenvalue weighted by Crippen LogP contribution is -2.59. The Kier molecular flexibility index (Phi) is 11.6. The van der Waals surface area contributed by atoms with Gasteiger partial charge in [0, 0.05) is 11.5 Å². The zero-order valence-corrected chi connectivity index (χ0v) is 17.2. The Hall–Kier alpha value is -1.99. The number of rotatable bonds is 12. The Morgan fingerprint density at radius 3 is 1.79 bits per heavy atom. The number of hydrogen-bond acceptors (Lipinski definition) is 8. The van der Waals surface area contributed by atoms with Crippen molar-refractivity contribution in [3.05, 3.63) is 0 Å². The van der Waals surface area contributed by atoms with Gasteiger partial charge in [0.25, 0.3) is 0 Å². The predicted octanol–water partition coefficient (Wildman–Crippen LogP) is -2.16. The Morgan fingerprint density at radius 2 is 1.39 bits per heavy atom. The molecule has 13 heteroatoms. The largest absolute Gasteiger partial charge is 0.481 e. The van der Waals surface area contributed by atoms with E-state index in [0.29, 0.717) is 0 Å². The number of aliphatic carboxylic acids is 2. The maximum Gasteiger partial charge on any atom is 0.326 e. The minimum absolute atomic E-state index is 0.0695. The van der Waals surface area contributed by atoms with E-state index in [1.165, 1.54) is 0 Å². The number of nitrogens with two attached hydrogens (primary N) is 1. The minimum atomic E-state index is -1.67. The summed E-state index contributed by atoms with van der Waals surface area (Å²) in [6, 6.07) is -4.85. The zero-order valence-electron chi connectivity index (χ0n) is 15.4. The molecule has 11 nitrogen and oxygen atoms in total. The molecule has 0 aliphatic rings. The number of carboxylic acid groups (broad SMARTS) is 2. The highest BCUT2D eigenvalue weighted by molar-refractivity contribution is 7.80. The highest BCUT2D eigenvalue weighted by Crippen LogP contribution is 2.04. The van der Waals surface area contributed by atoms with Gasteiger partial charge in [-0.05, 0) is 5.92 Å². The van der Waals surface area contributed by atoms with Crippen LogP contribution in [-0.4, -0.2) is 75.5 Å². The van der Waals surface area contributed by atoms with Crippen LogP contribution >= 0.6 is 25.3 Å². The number of hydrogen-bond donors (Lipinski definition) is 8. The quantitative estimate of drug-likeness (QED) is 0.158. The molecule has 0 saturated carbocycles. The van der Waals surface area contributed by atoms with Gasteiger partial charge in [0.05, 0.1) is 12.5 Å². The summed E-state index contributed by atoms with van der Waals surface area (Å²) in [5.74, 6) is -5.63. The van der Waals surface area contributed by atoms with E-state index in [9.17, 15) is 24.0 Å². The van der Waals surface area contributed by atoms with E-state index in [2.05, 4.69) is 35.9 Å². The molecular weight excluding hydrogens is 412 g/mol. The van der Waals surface area contributed by atoms with Gasteiger partial charge in [0.2, 0.25) is 17.7 Å². The van der Waals surface area contributed by atoms with Crippen molar-refractivity contribution in [3.63, 3.8) is 0 Å². The molecule has 3 amide bonds. The lowest BCUT2D eigenvalue weighted by Gasteiger charge is -2.26. The fourth-order valence-corrected chi connectivity index (χ4v) is 2.40. The summed E-state index contributed by atoms with van der Waals surface area (Å²) in [6.45, 7) is 3.33. The molecular formula is C15H26N4O7S2. The van der Waals surface area contributed by atoms with E-state index < -0.39 is 60.2 Å². The van der Waals surface area contributed by atoms with Crippen molar-refractivity contribution in [1.82, 2.24) is 16.0 Å². The monoisotopic (exact) mass is 438 g/mol. The Bertz CT molecular complexity index is 603. The van der Waals surface area contributed by atoms with E-state index >= 15 is 0 Å². The molecule has 0 rings (SSSR count). The predicted molar refractivity (Wildman–Crippen MR) is 106 cm³/mol. The molecule has 0 radical (unpaired) electrons. The van der Waals surface area contributed by atoms with Gasteiger partial charge in [-0.3, -0.25) is 19.2 Å². The van der Waals surface area contributed by atoms with Crippen molar-refractivity contribution in [3.8, 4) is 0 Å². The van der Waals surface area contributed by atoms with Crippen molar-refractivity contribution in [2.45, 2.75) is 44.4 Å². The Balaban J connectivity index is 5.15. The van der Waals surface area contributed by atoms with Crippen LogP contribution in [0.2, 0.25) is 0 Å². The minimum Gasteiger partial charge on any atom is -0.481 e. The number of amides is 3. The second-order valence-electron chi connectivity index (χ2n) is 6.26. The molecule has 0 spiro atoms. The maximum atomic E-state index is 12.5. The van der Waals surface area contributed by atoms with Crippen molar-refractivity contribution < 1.29 is 34.2 Å². The average Bonchev–Trinajstić information content (AvgIpc) is 2.61. The van der Waals surface area contributed by atoms with Gasteiger partial charge in [-0.2, -0.15) is 25.3 Å². The molecule has 0 aromatic rings. The summed E-state index contributed by atoms with van der Waals surface area (Å²) in [7, 11) is 0. The molecule has 0 aromatic heterocycles. The van der Waals surface area contributed by atoms with Crippen LogP contribution in [0.25, 0.3) is 0 Å². The van der Waals surface area contributed by atoms with Crippen LogP contribution in [0.3, 0.4) is 0 Å². The van der Waals surface area contributed by atoms with E-state index in [4.69, 9.17) is 15.9 Å². The van der Waals surface area contributed by atoms with Gasteiger partial charge in [-0.25, -0.2) is 4.79 Å². The smallest absolute Gasteiger partial charge is 0.326 e. The Labute approximate surface area is 173 Å². The van der Waals surface area contributed by atoms with Gasteiger partial charge in [-0.1, -0.05) is 13.8 Å². The second kappa shape index (κ2) is 12.5. The molecule has 0 aliphatic heterocycles. The number of carboxylic acids is 2. The summed E-state index contributed by atoms with van der Waals surface area (Å²) >= 11 is 7.87. The van der Waals surface area contributed by atoms with E-state index in [0.717, 1.165) is 0 Å². The zero-order chi connectivity index (χ0) is 22.0. The van der Waals surface area contributed by atoms with Crippen LogP contribution in [0.4, 0.5) is 0 Å². The third-order valence-corrected chi connectivity index (χ3v) is 4.35. The van der Waals surface area contributed by atoms with Crippen LogP contribution < -0.4 is 21.7 Å². The van der Waals surface area contributed by atoms with Crippen molar-refractivity contribution in [1.29, 1.82) is 0 Å². The molecule has 0 fully saturated rings. The van der Waals surface area contributed by atoms with Gasteiger partial charge < -0.3 is 31.9 Å². The van der Waals surface area contributed by atoms with Crippen LogP contribution in [0.15, 0.2) is 0 Å². The molecule has 0 heterocycles. The molecule has 0 bridgehead atoms. The summed E-state index contributed by atoms with van der Waals surface area (Å²) in [6.07, 6.45) is -0.833. The normalized spacial score (nSPS) is 15.1. The molecule has 0 aromatic carbocycles. The van der Waals surface area contributed by atoms with Gasteiger partial charge in [0.1, 0.15) is 18.1 Å². The highest BCUT2D eigenvalue weighted by atomic mass is 32.1. The second-order valence-corrected chi connectivity index (χ2v) is 6.99. The van der Waals surface area contributed by atoms with Crippen LogP contribution in [0.1, 0.15) is 20.3 Å². The number of nitrogens with one attached hydrogen (secondary N) is 3. The number of carbonyl (C=O) groups excluding carboxylic acids is 3. The lowest BCUT2D eigenvalue weighted by atomic mass is 10.0. The average molecular weight is 439 g/mol. The number of carbonyl (C=O) groups is 5. The van der Waals surface area contributed by atoms with E-state index in [1.54, 1.807) is 13.8 Å². The number of thiol groups is 2. The fraction of sp³-hybridized carbons (Fsp3) is 0.667. The van der Waals surface area contributed by atoms with Gasteiger partial charge in [-0.15, -0.1) is 0 Å². The molecule has 7 N–H and O–H groups in total. The first-order valence-corrected chi connectivity index (χ1v) is 9.54. The molecule has 4 unspecified atom stereocenters. The fourth-order valence-electron chi connectivity index (χ4n) is 1.98. The van der Waals surface area contributed by atoms with Gasteiger partial charge >= 0.3 is 11.9 Å². The third-order valence-electron chi connectivity index (χ3n) is 3.59. The van der Waals surface area contributed by atoms with Gasteiger partial charge in [0.15, 0.2) is 0 Å². The standard InChI is InChI=1S/C15H26N4O7S2/c1-6(2)11(19-12(22)7(16)4-27)14(24)18-9(5-28)13(23)17-8(15(25)26)3-10(20)21/h6-9,11,27-28H,3-5,16H2,1-2H3,(H,17,23)(H,18,24)(H,19,22)(H,20,21)(H,25,26). The highest BCUT2D eigenvalue weighted by Gasteiger charge is 2.31.